The lowest BCUT2D eigenvalue weighted by Gasteiger charge is -2.10. The molecule has 0 aliphatic heterocycles. The normalized spacial score (nSPS) is 9.83. The van der Waals surface area contributed by atoms with Gasteiger partial charge in [0.15, 0.2) is 0 Å². The third-order valence-electron chi connectivity index (χ3n) is 2.25. The maximum Gasteiger partial charge on any atom is 0.150 e. The first-order valence-electron chi connectivity index (χ1n) is 5.02. The van der Waals surface area contributed by atoms with E-state index >= 15 is 0 Å². The highest BCUT2D eigenvalue weighted by molar-refractivity contribution is 9.10. The molecule has 0 aromatic heterocycles. The molecule has 0 saturated heterocycles. The number of halogens is 2. The van der Waals surface area contributed by atoms with Gasteiger partial charge in [-0.15, -0.1) is 0 Å². The monoisotopic (exact) mass is 322 g/mol. The van der Waals surface area contributed by atoms with E-state index in [1.807, 2.05) is 12.1 Å². The Hall–Kier alpha value is -1.70. The molecular weight excluding hydrogens is 316 g/mol. The molecule has 5 heteroatoms. The molecule has 0 aliphatic carbocycles. The van der Waals surface area contributed by atoms with Crippen molar-refractivity contribution in [1.29, 1.82) is 5.26 Å². The second-order valence-electron chi connectivity index (χ2n) is 3.54. The molecule has 0 unspecified atom stereocenters. The van der Waals surface area contributed by atoms with E-state index in [2.05, 4.69) is 15.9 Å². The van der Waals surface area contributed by atoms with Crippen LogP contribution in [0.5, 0.6) is 11.5 Å². The molecule has 0 atom stereocenters. The highest BCUT2D eigenvalue weighted by atomic mass is 79.9. The number of ether oxygens (including phenoxy) is 1. The molecule has 0 amide bonds. The zero-order chi connectivity index (χ0) is 13.1. The summed E-state index contributed by atoms with van der Waals surface area (Å²) in [4.78, 5) is 0. The number of hydrogen-bond donors (Lipinski definition) is 1. The number of nitriles is 1. The van der Waals surface area contributed by atoms with Gasteiger partial charge in [-0.2, -0.15) is 5.26 Å². The van der Waals surface area contributed by atoms with Crippen molar-refractivity contribution in [1.82, 2.24) is 0 Å². The Morgan fingerprint density at radius 3 is 2.50 bits per heavy atom. The van der Waals surface area contributed by atoms with Gasteiger partial charge in [0.1, 0.15) is 11.5 Å². The first-order valence-corrected chi connectivity index (χ1v) is 6.20. The lowest BCUT2D eigenvalue weighted by atomic mass is 10.2. The van der Waals surface area contributed by atoms with Gasteiger partial charge in [-0.25, -0.2) is 0 Å². The summed E-state index contributed by atoms with van der Waals surface area (Å²) < 4.78 is 6.48. The van der Waals surface area contributed by atoms with Crippen LogP contribution in [0.1, 0.15) is 5.56 Å². The molecule has 18 heavy (non-hydrogen) atoms. The van der Waals surface area contributed by atoms with Crippen molar-refractivity contribution < 1.29 is 4.74 Å². The SMILES string of the molecule is N#Cc1ccc(Oc2ccc(Br)cc2N)c(Cl)c1. The first kappa shape index (κ1) is 12.7. The summed E-state index contributed by atoms with van der Waals surface area (Å²) in [6.07, 6.45) is 0. The van der Waals surface area contributed by atoms with E-state index in [0.717, 1.165) is 4.47 Å². The zero-order valence-electron chi connectivity index (χ0n) is 9.15. The third-order valence-corrected chi connectivity index (χ3v) is 3.04. The molecule has 0 radical (unpaired) electrons. The van der Waals surface area contributed by atoms with Crippen LogP contribution in [0.2, 0.25) is 5.02 Å². The van der Waals surface area contributed by atoms with E-state index in [9.17, 15) is 0 Å². The Morgan fingerprint density at radius 2 is 1.89 bits per heavy atom. The number of nitrogen functional groups attached to an aromatic ring is 1. The molecule has 0 fully saturated rings. The molecule has 2 rings (SSSR count). The Bertz CT molecular complexity index is 637. The first-order chi connectivity index (χ1) is 8.60. The highest BCUT2D eigenvalue weighted by Gasteiger charge is 2.07. The minimum atomic E-state index is 0.372. The van der Waals surface area contributed by atoms with Gasteiger partial charge in [-0.1, -0.05) is 27.5 Å². The van der Waals surface area contributed by atoms with Crippen molar-refractivity contribution in [3.8, 4) is 17.6 Å². The summed E-state index contributed by atoms with van der Waals surface area (Å²) in [5.74, 6) is 0.981. The fraction of sp³-hybridized carbons (Fsp3) is 0. The van der Waals surface area contributed by atoms with Gasteiger partial charge < -0.3 is 10.5 Å². The molecule has 2 aromatic carbocycles. The van der Waals surface area contributed by atoms with Gasteiger partial charge in [0.2, 0.25) is 0 Å². The maximum absolute atomic E-state index is 8.74. The van der Waals surface area contributed by atoms with Crippen molar-refractivity contribution >= 4 is 33.2 Å². The van der Waals surface area contributed by atoms with E-state index in [-0.39, 0.29) is 0 Å². The summed E-state index contributed by atoms with van der Waals surface area (Å²) in [5.41, 5.74) is 6.81. The zero-order valence-corrected chi connectivity index (χ0v) is 11.5. The molecule has 0 bridgehead atoms. The molecule has 0 aliphatic rings. The predicted molar refractivity (Wildman–Crippen MR) is 74.8 cm³/mol. The number of nitrogens with two attached hydrogens (primary N) is 1. The molecule has 0 spiro atoms. The largest absolute Gasteiger partial charge is 0.454 e. The summed E-state index contributed by atoms with van der Waals surface area (Å²) in [5, 5.41) is 9.11. The van der Waals surface area contributed by atoms with Gasteiger partial charge in [0.05, 0.1) is 22.3 Å². The van der Waals surface area contributed by atoms with Crippen LogP contribution in [-0.4, -0.2) is 0 Å². The van der Waals surface area contributed by atoms with E-state index in [4.69, 9.17) is 27.3 Å². The average molecular weight is 324 g/mol. The number of rotatable bonds is 2. The average Bonchev–Trinajstić information content (AvgIpc) is 2.34. The molecule has 0 saturated carbocycles. The lowest BCUT2D eigenvalue weighted by molar-refractivity contribution is 0.485. The van der Waals surface area contributed by atoms with Crippen molar-refractivity contribution in [2.24, 2.45) is 0 Å². The van der Waals surface area contributed by atoms with Crippen LogP contribution in [0.15, 0.2) is 40.9 Å². The highest BCUT2D eigenvalue weighted by Crippen LogP contribution is 2.34. The number of anilines is 1. The maximum atomic E-state index is 8.74. The minimum Gasteiger partial charge on any atom is -0.454 e. The quantitative estimate of drug-likeness (QED) is 0.836. The minimum absolute atomic E-state index is 0.372. The molecule has 2 aromatic rings. The van der Waals surface area contributed by atoms with Crippen molar-refractivity contribution in [3.05, 3.63) is 51.5 Å². The Labute approximate surface area is 118 Å². The standard InChI is InChI=1S/C13H8BrClN2O/c14-9-2-4-13(11(17)6-9)18-12-3-1-8(7-16)5-10(12)15/h1-6H,17H2. The van der Waals surface area contributed by atoms with Crippen LogP contribution >= 0.6 is 27.5 Å². The topological polar surface area (TPSA) is 59.0 Å². The van der Waals surface area contributed by atoms with Crippen LogP contribution in [0.4, 0.5) is 5.69 Å². The number of benzene rings is 2. The fourth-order valence-electron chi connectivity index (χ4n) is 1.38. The van der Waals surface area contributed by atoms with E-state index in [1.165, 1.54) is 0 Å². The van der Waals surface area contributed by atoms with Crippen LogP contribution in [-0.2, 0) is 0 Å². The molecule has 2 N–H and O–H groups in total. The summed E-state index contributed by atoms with van der Waals surface area (Å²) in [6, 6.07) is 12.1. The second-order valence-corrected chi connectivity index (χ2v) is 4.86. The van der Waals surface area contributed by atoms with Crippen LogP contribution < -0.4 is 10.5 Å². The van der Waals surface area contributed by atoms with Crippen LogP contribution in [0, 0.1) is 11.3 Å². The van der Waals surface area contributed by atoms with Gasteiger partial charge in [-0.3, -0.25) is 0 Å². The molecule has 0 heterocycles. The van der Waals surface area contributed by atoms with Crippen LogP contribution in [0.3, 0.4) is 0 Å². The summed E-state index contributed by atoms with van der Waals surface area (Å²) >= 11 is 9.33. The van der Waals surface area contributed by atoms with Crippen molar-refractivity contribution in [2.45, 2.75) is 0 Å². The van der Waals surface area contributed by atoms with E-state index in [1.54, 1.807) is 30.3 Å². The molecular formula is C13H8BrClN2O. The van der Waals surface area contributed by atoms with E-state index < -0.39 is 0 Å². The summed E-state index contributed by atoms with van der Waals surface area (Å²) in [6.45, 7) is 0. The van der Waals surface area contributed by atoms with Crippen LogP contribution in [0.25, 0.3) is 0 Å². The number of hydrogen-bond acceptors (Lipinski definition) is 3. The van der Waals surface area contributed by atoms with E-state index in [0.29, 0.717) is 27.8 Å². The third kappa shape index (κ3) is 2.76. The second kappa shape index (κ2) is 5.30. The Morgan fingerprint density at radius 1 is 1.17 bits per heavy atom. The predicted octanol–water partition coefficient (Wildman–Crippen LogP) is 4.35. The van der Waals surface area contributed by atoms with Crippen molar-refractivity contribution in [3.63, 3.8) is 0 Å². The van der Waals surface area contributed by atoms with Gasteiger partial charge >= 0.3 is 0 Å². The smallest absolute Gasteiger partial charge is 0.150 e. The fourth-order valence-corrected chi connectivity index (χ4v) is 1.98. The summed E-state index contributed by atoms with van der Waals surface area (Å²) in [7, 11) is 0. The Balaban J connectivity index is 2.32. The molecule has 90 valence electrons. The molecule has 3 nitrogen and oxygen atoms in total. The van der Waals surface area contributed by atoms with Gasteiger partial charge in [0.25, 0.3) is 0 Å². The lowest BCUT2D eigenvalue weighted by Crippen LogP contribution is -1.92. The van der Waals surface area contributed by atoms with Gasteiger partial charge in [-0.05, 0) is 36.4 Å². The van der Waals surface area contributed by atoms with Crippen molar-refractivity contribution in [2.75, 3.05) is 5.73 Å². The number of nitrogens with zero attached hydrogens (tertiary/aromatic N) is 1. The Kier molecular flexibility index (Phi) is 3.75. The van der Waals surface area contributed by atoms with Gasteiger partial charge in [0, 0.05) is 4.47 Å².